The summed E-state index contributed by atoms with van der Waals surface area (Å²) in [6, 6.07) is 0. The zero-order valence-corrected chi connectivity index (χ0v) is 10.4. The third-order valence-electron chi connectivity index (χ3n) is 2.38. The van der Waals surface area contributed by atoms with E-state index in [1.165, 1.54) is 4.31 Å². The molecular formula is C9H18N2O4S. The fraction of sp³-hybridized carbons (Fsp3) is 0.889. The predicted octanol–water partition coefficient (Wildman–Crippen LogP) is -0.622. The van der Waals surface area contributed by atoms with Crippen LogP contribution in [0.1, 0.15) is 13.8 Å². The molecule has 1 fully saturated rings. The Hall–Kier alpha value is -0.500. The van der Waals surface area contributed by atoms with E-state index < -0.39 is 10.2 Å². The lowest BCUT2D eigenvalue weighted by Gasteiger charge is -2.26. The Kier molecular flexibility index (Phi) is 4.85. The van der Waals surface area contributed by atoms with E-state index in [1.807, 2.05) is 0 Å². The van der Waals surface area contributed by atoms with Crippen molar-refractivity contribution in [3.8, 4) is 0 Å². The summed E-state index contributed by atoms with van der Waals surface area (Å²) in [6.07, 6.45) is 0. The van der Waals surface area contributed by atoms with Crippen molar-refractivity contribution < 1.29 is 17.9 Å². The van der Waals surface area contributed by atoms with Crippen LogP contribution >= 0.6 is 0 Å². The second-order valence-electron chi connectivity index (χ2n) is 3.96. The van der Waals surface area contributed by atoms with Crippen LogP contribution in [0.4, 0.5) is 0 Å². The van der Waals surface area contributed by atoms with Crippen LogP contribution in [0.2, 0.25) is 0 Å². The molecule has 1 saturated heterocycles. The number of carbonyl (C=O) groups is 1. The third-order valence-corrected chi connectivity index (χ3v) is 3.94. The van der Waals surface area contributed by atoms with E-state index in [9.17, 15) is 13.2 Å². The van der Waals surface area contributed by atoms with E-state index in [4.69, 9.17) is 4.74 Å². The second-order valence-corrected chi connectivity index (χ2v) is 5.71. The standard InChI is InChI=1S/C9H18N2O4S/c1-8(2)9(12)7-10-16(13,14)11-3-5-15-6-4-11/h8,10H,3-7H2,1-2H3. The van der Waals surface area contributed by atoms with Gasteiger partial charge in [0, 0.05) is 19.0 Å². The van der Waals surface area contributed by atoms with E-state index >= 15 is 0 Å². The highest BCUT2D eigenvalue weighted by atomic mass is 32.2. The van der Waals surface area contributed by atoms with Crippen LogP contribution < -0.4 is 4.72 Å². The number of ether oxygens (including phenoxy) is 1. The number of Topliss-reactive ketones (excluding diaryl/α,β-unsaturated/α-hetero) is 1. The predicted molar refractivity (Wildman–Crippen MR) is 59.2 cm³/mol. The van der Waals surface area contributed by atoms with Crippen molar-refractivity contribution in [1.82, 2.24) is 9.03 Å². The molecule has 0 spiro atoms. The normalized spacial score (nSPS) is 18.9. The van der Waals surface area contributed by atoms with Crippen LogP contribution in [0.3, 0.4) is 0 Å². The van der Waals surface area contributed by atoms with Gasteiger partial charge >= 0.3 is 0 Å². The lowest BCUT2D eigenvalue weighted by Crippen LogP contribution is -2.48. The molecule has 16 heavy (non-hydrogen) atoms. The molecule has 0 radical (unpaired) electrons. The number of morpholine rings is 1. The summed E-state index contributed by atoms with van der Waals surface area (Å²) < 4.78 is 32.1. The van der Waals surface area contributed by atoms with Crippen molar-refractivity contribution in [2.45, 2.75) is 13.8 Å². The highest BCUT2D eigenvalue weighted by Gasteiger charge is 2.24. The highest BCUT2D eigenvalue weighted by Crippen LogP contribution is 2.03. The fourth-order valence-corrected chi connectivity index (χ4v) is 2.38. The number of rotatable bonds is 5. The van der Waals surface area contributed by atoms with E-state index in [2.05, 4.69) is 4.72 Å². The maximum atomic E-state index is 11.7. The van der Waals surface area contributed by atoms with Gasteiger partial charge in [0.05, 0.1) is 19.8 Å². The number of nitrogens with zero attached hydrogens (tertiary/aromatic N) is 1. The first-order valence-corrected chi connectivity index (χ1v) is 6.72. The molecular weight excluding hydrogens is 232 g/mol. The first-order valence-electron chi connectivity index (χ1n) is 5.28. The number of nitrogens with one attached hydrogen (secondary N) is 1. The quantitative estimate of drug-likeness (QED) is 0.705. The second kappa shape index (κ2) is 5.72. The summed E-state index contributed by atoms with van der Waals surface area (Å²) in [5, 5.41) is 0. The van der Waals surface area contributed by atoms with Crippen LogP contribution in [0.25, 0.3) is 0 Å². The minimum Gasteiger partial charge on any atom is -0.379 e. The highest BCUT2D eigenvalue weighted by molar-refractivity contribution is 7.87. The van der Waals surface area contributed by atoms with Gasteiger partial charge in [-0.15, -0.1) is 0 Å². The summed E-state index contributed by atoms with van der Waals surface area (Å²) in [7, 11) is -3.53. The molecule has 0 aromatic carbocycles. The Bertz CT molecular complexity index is 333. The van der Waals surface area contributed by atoms with E-state index in [-0.39, 0.29) is 18.2 Å². The van der Waals surface area contributed by atoms with Crippen molar-refractivity contribution in [3.05, 3.63) is 0 Å². The molecule has 0 aliphatic carbocycles. The minimum absolute atomic E-state index is 0.114. The van der Waals surface area contributed by atoms with Crippen molar-refractivity contribution in [3.63, 3.8) is 0 Å². The Morgan fingerprint density at radius 2 is 1.94 bits per heavy atom. The summed E-state index contributed by atoms with van der Waals surface area (Å²) >= 11 is 0. The molecule has 0 unspecified atom stereocenters. The van der Waals surface area contributed by atoms with Crippen LogP contribution in [0.5, 0.6) is 0 Å². The van der Waals surface area contributed by atoms with Gasteiger partial charge in [0.2, 0.25) is 0 Å². The van der Waals surface area contributed by atoms with Gasteiger partial charge in [0.25, 0.3) is 10.2 Å². The first-order chi connectivity index (χ1) is 7.43. The molecule has 0 saturated carbocycles. The molecule has 0 aromatic rings. The monoisotopic (exact) mass is 250 g/mol. The van der Waals surface area contributed by atoms with E-state index in [1.54, 1.807) is 13.8 Å². The van der Waals surface area contributed by atoms with Crippen molar-refractivity contribution >= 4 is 16.0 Å². The summed E-state index contributed by atoms with van der Waals surface area (Å²) in [6.45, 7) is 4.82. The van der Waals surface area contributed by atoms with Crippen molar-refractivity contribution in [2.24, 2.45) is 5.92 Å². The van der Waals surface area contributed by atoms with Gasteiger partial charge in [0.15, 0.2) is 0 Å². The maximum absolute atomic E-state index is 11.7. The SMILES string of the molecule is CC(C)C(=O)CNS(=O)(=O)N1CCOCC1. The maximum Gasteiger partial charge on any atom is 0.280 e. The molecule has 7 heteroatoms. The smallest absolute Gasteiger partial charge is 0.280 e. The number of hydrogen-bond acceptors (Lipinski definition) is 4. The van der Waals surface area contributed by atoms with E-state index in [0.717, 1.165) is 0 Å². The molecule has 1 rings (SSSR count). The number of carbonyl (C=O) groups excluding carboxylic acids is 1. The zero-order valence-electron chi connectivity index (χ0n) is 9.60. The van der Waals surface area contributed by atoms with Crippen LogP contribution in [0.15, 0.2) is 0 Å². The average Bonchev–Trinajstić information content (AvgIpc) is 2.27. The number of hydrogen-bond donors (Lipinski definition) is 1. The van der Waals surface area contributed by atoms with Crippen LogP contribution in [0, 0.1) is 5.92 Å². The minimum atomic E-state index is -3.53. The topological polar surface area (TPSA) is 75.7 Å². The summed E-state index contributed by atoms with van der Waals surface area (Å²) in [4.78, 5) is 11.3. The molecule has 94 valence electrons. The van der Waals surface area contributed by atoms with Gasteiger partial charge in [-0.2, -0.15) is 17.4 Å². The summed E-state index contributed by atoms with van der Waals surface area (Å²) in [5.74, 6) is -0.274. The largest absolute Gasteiger partial charge is 0.379 e. The summed E-state index contributed by atoms with van der Waals surface area (Å²) in [5.41, 5.74) is 0. The van der Waals surface area contributed by atoms with Crippen LogP contribution in [-0.2, 0) is 19.7 Å². The molecule has 1 aliphatic heterocycles. The molecule has 1 aliphatic rings. The molecule has 6 nitrogen and oxygen atoms in total. The van der Waals surface area contributed by atoms with E-state index in [0.29, 0.717) is 26.3 Å². The van der Waals surface area contributed by atoms with Gasteiger partial charge in [0.1, 0.15) is 5.78 Å². The lowest BCUT2D eigenvalue weighted by molar-refractivity contribution is -0.120. The Balaban J connectivity index is 2.48. The lowest BCUT2D eigenvalue weighted by atomic mass is 10.1. The van der Waals surface area contributed by atoms with Crippen LogP contribution in [-0.4, -0.2) is 51.4 Å². The third kappa shape index (κ3) is 3.82. The van der Waals surface area contributed by atoms with Gasteiger partial charge in [-0.05, 0) is 0 Å². The Labute approximate surface area is 96.1 Å². The first kappa shape index (κ1) is 13.6. The Morgan fingerprint density at radius 3 is 2.44 bits per heavy atom. The molecule has 0 amide bonds. The van der Waals surface area contributed by atoms with Crippen molar-refractivity contribution in [2.75, 3.05) is 32.8 Å². The van der Waals surface area contributed by atoms with Crippen molar-refractivity contribution in [1.29, 1.82) is 0 Å². The average molecular weight is 250 g/mol. The molecule has 1 heterocycles. The molecule has 0 bridgehead atoms. The fourth-order valence-electron chi connectivity index (χ4n) is 1.24. The van der Waals surface area contributed by atoms with Gasteiger partial charge in [-0.1, -0.05) is 13.8 Å². The van der Waals surface area contributed by atoms with Gasteiger partial charge in [-0.3, -0.25) is 4.79 Å². The van der Waals surface area contributed by atoms with Gasteiger partial charge in [-0.25, -0.2) is 0 Å². The molecule has 0 atom stereocenters. The molecule has 0 aromatic heterocycles. The molecule has 1 N–H and O–H groups in total. The number of ketones is 1. The Morgan fingerprint density at radius 1 is 1.38 bits per heavy atom. The zero-order chi connectivity index (χ0) is 12.2. The van der Waals surface area contributed by atoms with Gasteiger partial charge < -0.3 is 4.74 Å².